The van der Waals surface area contributed by atoms with Crippen LogP contribution in [0.15, 0.2) is 36.4 Å². The van der Waals surface area contributed by atoms with E-state index in [0.29, 0.717) is 17.4 Å². The zero-order valence-electron chi connectivity index (χ0n) is 15.8. The molecule has 1 fully saturated rings. The second-order valence-electron chi connectivity index (χ2n) is 7.44. The Morgan fingerprint density at radius 1 is 1.17 bits per heavy atom. The second-order valence-corrected chi connectivity index (χ2v) is 7.85. The van der Waals surface area contributed by atoms with Crippen molar-refractivity contribution in [2.75, 3.05) is 0 Å². The van der Waals surface area contributed by atoms with Crippen LogP contribution in [0.3, 0.4) is 0 Å². The van der Waals surface area contributed by atoms with Gasteiger partial charge in [-0.25, -0.2) is 8.78 Å². The van der Waals surface area contributed by atoms with Gasteiger partial charge in [-0.05, 0) is 63.1 Å². The molecule has 29 heavy (non-hydrogen) atoms. The van der Waals surface area contributed by atoms with E-state index in [9.17, 15) is 8.78 Å². The summed E-state index contributed by atoms with van der Waals surface area (Å²) in [4.78, 5) is 0. The minimum atomic E-state index is -0.960. The minimum Gasteiger partial charge on any atom is -0.478 e. The number of nitrogens with zero attached hydrogens (tertiary/aromatic N) is 4. The SMILES string of the molecule is CC(C)(Oc1ccc(F)cc1Cl)c1nnc(-c2ccc(C#N)cc2F)n1C1CC1. The molecule has 0 radical (unpaired) electrons. The number of benzene rings is 2. The average Bonchev–Trinajstić information content (AvgIpc) is 3.41. The Hall–Kier alpha value is -2.98. The fourth-order valence-corrected chi connectivity index (χ4v) is 3.41. The van der Waals surface area contributed by atoms with Crippen LogP contribution in [0.2, 0.25) is 5.02 Å². The molecular weight excluding hydrogens is 398 g/mol. The molecule has 5 nitrogen and oxygen atoms in total. The number of hydrogen-bond acceptors (Lipinski definition) is 4. The molecule has 3 aromatic rings. The summed E-state index contributed by atoms with van der Waals surface area (Å²) in [5.74, 6) is 0.213. The Kier molecular flexibility index (Phi) is 4.75. The molecule has 0 unspecified atom stereocenters. The maximum absolute atomic E-state index is 14.6. The van der Waals surface area contributed by atoms with Crippen LogP contribution in [0, 0.1) is 23.0 Å². The molecule has 1 aliphatic rings. The predicted octanol–water partition coefficient (Wildman–Crippen LogP) is 5.40. The number of nitriles is 1. The van der Waals surface area contributed by atoms with Crippen molar-refractivity contribution >= 4 is 11.6 Å². The van der Waals surface area contributed by atoms with Crippen molar-refractivity contribution in [3.05, 3.63) is 64.4 Å². The van der Waals surface area contributed by atoms with E-state index in [-0.39, 0.29) is 22.2 Å². The van der Waals surface area contributed by atoms with Gasteiger partial charge in [0.05, 0.1) is 22.2 Å². The molecule has 0 aliphatic heterocycles. The van der Waals surface area contributed by atoms with Crippen molar-refractivity contribution in [3.63, 3.8) is 0 Å². The minimum absolute atomic E-state index is 0.136. The summed E-state index contributed by atoms with van der Waals surface area (Å²) in [5, 5.41) is 17.6. The molecule has 0 bridgehead atoms. The summed E-state index contributed by atoms with van der Waals surface area (Å²) < 4.78 is 35.9. The normalized spacial score (nSPS) is 13.9. The molecule has 1 heterocycles. The molecule has 1 aromatic heterocycles. The van der Waals surface area contributed by atoms with Gasteiger partial charge in [-0.3, -0.25) is 0 Å². The van der Waals surface area contributed by atoms with E-state index >= 15 is 0 Å². The molecule has 0 amide bonds. The zero-order chi connectivity index (χ0) is 20.8. The third-order valence-corrected chi connectivity index (χ3v) is 5.04. The lowest BCUT2D eigenvalue weighted by molar-refractivity contribution is 0.0937. The van der Waals surface area contributed by atoms with E-state index in [1.807, 2.05) is 10.6 Å². The van der Waals surface area contributed by atoms with Crippen molar-refractivity contribution in [2.45, 2.75) is 38.3 Å². The van der Waals surface area contributed by atoms with Gasteiger partial charge in [0.2, 0.25) is 0 Å². The molecule has 1 aliphatic carbocycles. The highest BCUT2D eigenvalue weighted by Crippen LogP contribution is 2.42. The van der Waals surface area contributed by atoms with E-state index < -0.39 is 17.2 Å². The lowest BCUT2D eigenvalue weighted by atomic mass is 10.1. The first kappa shape index (κ1) is 19.3. The first-order valence-corrected chi connectivity index (χ1v) is 9.47. The molecule has 1 saturated carbocycles. The maximum Gasteiger partial charge on any atom is 0.177 e. The average molecular weight is 415 g/mol. The maximum atomic E-state index is 14.6. The quantitative estimate of drug-likeness (QED) is 0.561. The van der Waals surface area contributed by atoms with E-state index in [1.54, 1.807) is 19.9 Å². The van der Waals surface area contributed by atoms with Gasteiger partial charge in [0, 0.05) is 6.04 Å². The van der Waals surface area contributed by atoms with Crippen LogP contribution >= 0.6 is 11.6 Å². The van der Waals surface area contributed by atoms with Crippen molar-refractivity contribution in [3.8, 4) is 23.2 Å². The monoisotopic (exact) mass is 414 g/mol. The lowest BCUT2D eigenvalue weighted by Gasteiger charge is -2.27. The first-order valence-electron chi connectivity index (χ1n) is 9.09. The Bertz CT molecular complexity index is 1130. The van der Waals surface area contributed by atoms with Gasteiger partial charge >= 0.3 is 0 Å². The van der Waals surface area contributed by atoms with Gasteiger partial charge in [-0.15, -0.1) is 10.2 Å². The molecule has 0 atom stereocenters. The third-order valence-electron chi connectivity index (χ3n) is 4.74. The molecule has 148 valence electrons. The summed E-state index contributed by atoms with van der Waals surface area (Å²) in [6, 6.07) is 10.2. The Morgan fingerprint density at radius 2 is 1.93 bits per heavy atom. The van der Waals surface area contributed by atoms with E-state index in [1.165, 1.54) is 30.3 Å². The fraction of sp³-hybridized carbons (Fsp3) is 0.286. The molecule has 0 N–H and O–H groups in total. The fourth-order valence-electron chi connectivity index (χ4n) is 3.21. The lowest BCUT2D eigenvalue weighted by Crippen LogP contribution is -2.30. The Balaban J connectivity index is 1.76. The molecule has 2 aromatic carbocycles. The van der Waals surface area contributed by atoms with Gasteiger partial charge in [0.1, 0.15) is 17.4 Å². The van der Waals surface area contributed by atoms with Crippen LogP contribution in [-0.2, 0) is 5.60 Å². The van der Waals surface area contributed by atoms with Crippen molar-refractivity contribution in [1.82, 2.24) is 14.8 Å². The second kappa shape index (κ2) is 7.12. The van der Waals surface area contributed by atoms with Crippen LogP contribution in [0.5, 0.6) is 5.75 Å². The Labute approximate surface area is 171 Å². The molecule has 0 saturated heterocycles. The Morgan fingerprint density at radius 3 is 2.55 bits per heavy atom. The van der Waals surface area contributed by atoms with Gasteiger partial charge in [-0.1, -0.05) is 11.6 Å². The van der Waals surface area contributed by atoms with Gasteiger partial charge < -0.3 is 9.30 Å². The van der Waals surface area contributed by atoms with Crippen LogP contribution in [0.25, 0.3) is 11.4 Å². The first-order chi connectivity index (χ1) is 13.8. The van der Waals surface area contributed by atoms with E-state index in [0.717, 1.165) is 12.8 Å². The predicted molar refractivity (Wildman–Crippen MR) is 103 cm³/mol. The van der Waals surface area contributed by atoms with Crippen LogP contribution in [0.1, 0.15) is 44.1 Å². The number of halogens is 3. The van der Waals surface area contributed by atoms with Gasteiger partial charge in [0.25, 0.3) is 0 Å². The summed E-state index contributed by atoms with van der Waals surface area (Å²) in [7, 11) is 0. The summed E-state index contributed by atoms with van der Waals surface area (Å²) in [5.41, 5.74) is -0.456. The standard InChI is InChI=1S/C21H17ClF2N4O/c1-21(2,29-18-8-4-13(23)10-16(18)22)20-27-26-19(28(20)14-5-6-14)15-7-3-12(11-25)9-17(15)24/h3-4,7-10,14H,5-6H2,1-2H3. The topological polar surface area (TPSA) is 63.7 Å². The molecule has 8 heteroatoms. The van der Waals surface area contributed by atoms with E-state index in [4.69, 9.17) is 21.6 Å². The van der Waals surface area contributed by atoms with Crippen LogP contribution < -0.4 is 4.74 Å². The third kappa shape index (κ3) is 3.68. The van der Waals surface area contributed by atoms with Crippen molar-refractivity contribution in [2.24, 2.45) is 0 Å². The zero-order valence-corrected chi connectivity index (χ0v) is 16.5. The highest BCUT2D eigenvalue weighted by molar-refractivity contribution is 6.32. The number of ether oxygens (including phenoxy) is 1. The smallest absolute Gasteiger partial charge is 0.177 e. The number of rotatable bonds is 5. The van der Waals surface area contributed by atoms with Crippen LogP contribution in [-0.4, -0.2) is 14.8 Å². The van der Waals surface area contributed by atoms with Gasteiger partial charge in [-0.2, -0.15) is 5.26 Å². The number of aromatic nitrogens is 3. The van der Waals surface area contributed by atoms with Crippen LogP contribution in [0.4, 0.5) is 8.78 Å². The number of hydrogen-bond donors (Lipinski definition) is 0. The summed E-state index contributed by atoms with van der Waals surface area (Å²) in [6.07, 6.45) is 1.84. The van der Waals surface area contributed by atoms with Gasteiger partial charge in [0.15, 0.2) is 17.2 Å². The van der Waals surface area contributed by atoms with Crippen molar-refractivity contribution < 1.29 is 13.5 Å². The van der Waals surface area contributed by atoms with Crippen molar-refractivity contribution in [1.29, 1.82) is 5.26 Å². The van der Waals surface area contributed by atoms with E-state index in [2.05, 4.69) is 10.2 Å². The summed E-state index contributed by atoms with van der Waals surface area (Å²) in [6.45, 7) is 3.60. The molecule has 4 rings (SSSR count). The summed E-state index contributed by atoms with van der Waals surface area (Å²) >= 11 is 6.10. The molecular formula is C21H17ClF2N4O. The largest absolute Gasteiger partial charge is 0.478 e. The highest BCUT2D eigenvalue weighted by atomic mass is 35.5. The highest BCUT2D eigenvalue weighted by Gasteiger charge is 2.38. The molecule has 0 spiro atoms.